The van der Waals surface area contributed by atoms with E-state index >= 15 is 0 Å². The number of ether oxygens (including phenoxy) is 2. The molecule has 1 aliphatic rings. The van der Waals surface area contributed by atoms with Crippen LogP contribution in [0.3, 0.4) is 0 Å². The summed E-state index contributed by atoms with van der Waals surface area (Å²) in [5.41, 5.74) is 0.870. The van der Waals surface area contributed by atoms with Gasteiger partial charge in [-0.25, -0.2) is 4.68 Å². The monoisotopic (exact) mass is 274 g/mol. The lowest BCUT2D eigenvalue weighted by molar-refractivity contribution is -0.117. The van der Waals surface area contributed by atoms with E-state index in [-0.39, 0.29) is 11.9 Å². The van der Waals surface area contributed by atoms with Crippen LogP contribution in [0, 0.1) is 0 Å². The maximum atomic E-state index is 11.8. The van der Waals surface area contributed by atoms with Crippen LogP contribution in [0.2, 0.25) is 0 Å². The van der Waals surface area contributed by atoms with Crippen LogP contribution >= 0.6 is 0 Å². The predicted octanol–water partition coefficient (Wildman–Crippen LogP) is 1.23. The number of aromatic nitrogens is 3. The van der Waals surface area contributed by atoms with Crippen LogP contribution in [0.4, 0.5) is 5.95 Å². The summed E-state index contributed by atoms with van der Waals surface area (Å²) in [5, 5.41) is 6.86. The van der Waals surface area contributed by atoms with E-state index in [0.29, 0.717) is 23.9 Å². The van der Waals surface area contributed by atoms with Gasteiger partial charge in [-0.05, 0) is 12.1 Å². The maximum absolute atomic E-state index is 11.8. The molecule has 0 fully saturated rings. The van der Waals surface area contributed by atoms with Gasteiger partial charge in [0.25, 0.3) is 0 Å². The lowest BCUT2D eigenvalue weighted by Crippen LogP contribution is -2.29. The Balaban J connectivity index is 2.08. The molecule has 3 rings (SSSR count). The molecule has 1 amide bonds. The zero-order valence-electron chi connectivity index (χ0n) is 11.2. The van der Waals surface area contributed by atoms with Gasteiger partial charge in [-0.15, -0.1) is 0 Å². The second-order valence-electron chi connectivity index (χ2n) is 4.40. The highest BCUT2D eigenvalue weighted by molar-refractivity contribution is 5.91. The Labute approximate surface area is 115 Å². The number of nitrogens with one attached hydrogen (secondary N) is 1. The highest BCUT2D eigenvalue weighted by Gasteiger charge is 2.29. The fourth-order valence-corrected chi connectivity index (χ4v) is 2.34. The average Bonchev–Trinajstić information content (AvgIpc) is 2.93. The number of nitrogens with zero attached hydrogens (tertiary/aromatic N) is 3. The molecule has 2 aromatic rings. The minimum atomic E-state index is -0.234. The molecule has 1 aliphatic heterocycles. The number of hydrogen-bond donors (Lipinski definition) is 1. The Morgan fingerprint density at radius 2 is 2.20 bits per heavy atom. The smallest absolute Gasteiger partial charge is 0.229 e. The van der Waals surface area contributed by atoms with E-state index in [0.717, 1.165) is 5.56 Å². The molecule has 0 bridgehead atoms. The molecule has 1 aromatic heterocycles. The molecule has 0 spiro atoms. The van der Waals surface area contributed by atoms with Gasteiger partial charge in [0.1, 0.15) is 17.8 Å². The molecule has 7 heteroatoms. The van der Waals surface area contributed by atoms with Crippen molar-refractivity contribution in [2.24, 2.45) is 0 Å². The van der Waals surface area contributed by atoms with Crippen molar-refractivity contribution < 1.29 is 14.3 Å². The summed E-state index contributed by atoms with van der Waals surface area (Å²) in [6.07, 6.45) is 1.71. The van der Waals surface area contributed by atoms with Gasteiger partial charge in [0.15, 0.2) is 0 Å². The third-order valence-electron chi connectivity index (χ3n) is 3.30. The van der Waals surface area contributed by atoms with Crippen molar-refractivity contribution in [1.29, 1.82) is 0 Å². The molecular formula is C13H14N4O3. The van der Waals surface area contributed by atoms with Crippen LogP contribution in [0.25, 0.3) is 0 Å². The van der Waals surface area contributed by atoms with Crippen LogP contribution < -0.4 is 14.8 Å². The molecule has 2 heterocycles. The number of fused-ring (bicyclic) bond motifs is 1. The molecular weight excluding hydrogens is 260 g/mol. The Morgan fingerprint density at radius 3 is 2.95 bits per heavy atom. The van der Waals surface area contributed by atoms with Gasteiger partial charge in [0.2, 0.25) is 11.9 Å². The van der Waals surface area contributed by atoms with E-state index in [9.17, 15) is 4.79 Å². The molecule has 0 aliphatic carbocycles. The third kappa shape index (κ3) is 1.97. The number of methoxy groups -OCH3 is 2. The van der Waals surface area contributed by atoms with E-state index in [4.69, 9.17) is 9.47 Å². The fourth-order valence-electron chi connectivity index (χ4n) is 2.34. The van der Waals surface area contributed by atoms with Gasteiger partial charge in [-0.1, -0.05) is 0 Å². The van der Waals surface area contributed by atoms with E-state index in [1.807, 2.05) is 12.1 Å². The molecule has 0 saturated heterocycles. The molecule has 7 nitrogen and oxygen atoms in total. The average molecular weight is 274 g/mol. The summed E-state index contributed by atoms with van der Waals surface area (Å²) in [6, 6.07) is 5.27. The van der Waals surface area contributed by atoms with Crippen LogP contribution in [0.5, 0.6) is 11.5 Å². The number of amides is 1. The number of hydrogen-bond acceptors (Lipinski definition) is 5. The zero-order chi connectivity index (χ0) is 14.1. The Kier molecular flexibility index (Phi) is 3.02. The number of carbonyl (C=O) groups is 1. The summed E-state index contributed by atoms with van der Waals surface area (Å²) in [7, 11) is 3.18. The SMILES string of the molecule is COc1ccc(C2CC(=O)Nc3ncnn32)c(OC)c1. The van der Waals surface area contributed by atoms with E-state index in [2.05, 4.69) is 15.4 Å². The summed E-state index contributed by atoms with van der Waals surface area (Å²) in [4.78, 5) is 15.8. The highest BCUT2D eigenvalue weighted by atomic mass is 16.5. The van der Waals surface area contributed by atoms with Crippen molar-refractivity contribution in [3.05, 3.63) is 30.1 Å². The lowest BCUT2D eigenvalue weighted by Gasteiger charge is -2.25. The van der Waals surface area contributed by atoms with Crippen molar-refractivity contribution >= 4 is 11.9 Å². The number of benzene rings is 1. The van der Waals surface area contributed by atoms with E-state index in [1.165, 1.54) is 6.33 Å². The van der Waals surface area contributed by atoms with Gasteiger partial charge in [-0.3, -0.25) is 10.1 Å². The topological polar surface area (TPSA) is 78.3 Å². The van der Waals surface area contributed by atoms with Crippen LogP contribution in [-0.2, 0) is 4.79 Å². The largest absolute Gasteiger partial charge is 0.497 e. The number of carbonyl (C=O) groups excluding carboxylic acids is 1. The molecule has 1 atom stereocenters. The standard InChI is InChI=1S/C13H14N4O3/c1-19-8-3-4-9(11(5-8)20-2)10-6-12(18)16-13-14-7-15-17(10)13/h3-5,7,10H,6H2,1-2H3,(H,14,15,16,18). The molecule has 104 valence electrons. The Hall–Kier alpha value is -2.57. The summed E-state index contributed by atoms with van der Waals surface area (Å²) >= 11 is 0. The minimum Gasteiger partial charge on any atom is -0.497 e. The molecule has 1 unspecified atom stereocenters. The van der Waals surface area contributed by atoms with Crippen LogP contribution in [0.15, 0.2) is 24.5 Å². The quantitative estimate of drug-likeness (QED) is 0.910. The predicted molar refractivity (Wildman–Crippen MR) is 71.0 cm³/mol. The number of anilines is 1. The van der Waals surface area contributed by atoms with E-state index in [1.54, 1.807) is 25.0 Å². The first-order valence-electron chi connectivity index (χ1n) is 6.14. The second-order valence-corrected chi connectivity index (χ2v) is 4.40. The molecule has 20 heavy (non-hydrogen) atoms. The minimum absolute atomic E-state index is 0.0895. The highest BCUT2D eigenvalue weighted by Crippen LogP contribution is 2.35. The van der Waals surface area contributed by atoms with E-state index < -0.39 is 0 Å². The van der Waals surface area contributed by atoms with Gasteiger partial charge in [-0.2, -0.15) is 10.1 Å². The Bertz CT molecular complexity index is 653. The van der Waals surface area contributed by atoms with Crippen LogP contribution in [-0.4, -0.2) is 34.9 Å². The molecule has 1 aromatic carbocycles. The molecule has 0 saturated carbocycles. The lowest BCUT2D eigenvalue weighted by atomic mass is 10.0. The summed E-state index contributed by atoms with van der Waals surface area (Å²) < 4.78 is 12.3. The second kappa shape index (κ2) is 4.84. The third-order valence-corrected chi connectivity index (χ3v) is 3.30. The maximum Gasteiger partial charge on any atom is 0.229 e. The van der Waals surface area contributed by atoms with Crippen LogP contribution in [0.1, 0.15) is 18.0 Å². The Morgan fingerprint density at radius 1 is 1.35 bits per heavy atom. The van der Waals surface area contributed by atoms with Crippen molar-refractivity contribution in [2.75, 3.05) is 19.5 Å². The van der Waals surface area contributed by atoms with Gasteiger partial charge in [0.05, 0.1) is 26.7 Å². The summed E-state index contributed by atoms with van der Waals surface area (Å²) in [5.74, 6) is 1.72. The van der Waals surface area contributed by atoms with Gasteiger partial charge in [0, 0.05) is 11.6 Å². The summed E-state index contributed by atoms with van der Waals surface area (Å²) in [6.45, 7) is 0. The van der Waals surface area contributed by atoms with Crippen molar-refractivity contribution in [3.63, 3.8) is 0 Å². The van der Waals surface area contributed by atoms with Crippen molar-refractivity contribution in [2.45, 2.75) is 12.5 Å². The molecule has 1 N–H and O–H groups in total. The van der Waals surface area contributed by atoms with Gasteiger partial charge < -0.3 is 9.47 Å². The number of rotatable bonds is 3. The first kappa shape index (κ1) is 12.5. The normalized spacial score (nSPS) is 17.3. The van der Waals surface area contributed by atoms with Crippen molar-refractivity contribution in [1.82, 2.24) is 14.8 Å². The van der Waals surface area contributed by atoms with Gasteiger partial charge >= 0.3 is 0 Å². The fraction of sp³-hybridized carbons (Fsp3) is 0.308. The first-order valence-corrected chi connectivity index (χ1v) is 6.14. The zero-order valence-corrected chi connectivity index (χ0v) is 11.2. The first-order chi connectivity index (χ1) is 9.72. The molecule has 0 radical (unpaired) electrons. The van der Waals surface area contributed by atoms with Crippen molar-refractivity contribution in [3.8, 4) is 11.5 Å².